The zero-order valence-corrected chi connectivity index (χ0v) is 11.1. The summed E-state index contributed by atoms with van der Waals surface area (Å²) in [4.78, 5) is 13.9. The molecule has 1 aliphatic heterocycles. The minimum absolute atomic E-state index is 0.151. The summed E-state index contributed by atoms with van der Waals surface area (Å²) < 4.78 is 0. The molecular formula is C15H22N2O. The molecule has 0 bridgehead atoms. The maximum atomic E-state index is 11.4. The van der Waals surface area contributed by atoms with Crippen molar-refractivity contribution in [3.63, 3.8) is 0 Å². The number of hydrogen-bond donors (Lipinski definition) is 1. The van der Waals surface area contributed by atoms with E-state index in [9.17, 15) is 4.79 Å². The van der Waals surface area contributed by atoms with Crippen LogP contribution in [-0.2, 0) is 13.0 Å². The summed E-state index contributed by atoms with van der Waals surface area (Å²) in [6, 6.07) is 6.13. The van der Waals surface area contributed by atoms with E-state index >= 15 is 0 Å². The number of nitrogens with zero attached hydrogens (tertiary/aromatic N) is 1. The topological polar surface area (TPSA) is 46.3 Å². The van der Waals surface area contributed by atoms with Gasteiger partial charge in [0.05, 0.1) is 0 Å². The van der Waals surface area contributed by atoms with Crippen molar-refractivity contribution in [1.82, 2.24) is 4.90 Å². The Balaban J connectivity index is 2.02. The molecule has 0 saturated heterocycles. The molecule has 0 aliphatic carbocycles. The summed E-state index contributed by atoms with van der Waals surface area (Å²) >= 11 is 0. The summed E-state index contributed by atoms with van der Waals surface area (Å²) in [5.41, 5.74) is 9.07. The van der Waals surface area contributed by atoms with Crippen LogP contribution >= 0.6 is 0 Å². The van der Waals surface area contributed by atoms with Crippen LogP contribution in [0.2, 0.25) is 0 Å². The maximum Gasteiger partial charge on any atom is 0.159 e. The van der Waals surface area contributed by atoms with E-state index in [2.05, 4.69) is 17.0 Å². The highest BCUT2D eigenvalue weighted by Gasteiger charge is 2.16. The van der Waals surface area contributed by atoms with Crippen molar-refractivity contribution in [3.8, 4) is 0 Å². The van der Waals surface area contributed by atoms with Gasteiger partial charge in [0.15, 0.2) is 5.78 Å². The molecule has 0 saturated carbocycles. The zero-order chi connectivity index (χ0) is 13.0. The Labute approximate surface area is 109 Å². The molecule has 0 spiro atoms. The molecular weight excluding hydrogens is 224 g/mol. The molecule has 0 fully saturated rings. The van der Waals surface area contributed by atoms with E-state index in [-0.39, 0.29) is 5.78 Å². The molecule has 2 N–H and O–H groups in total. The van der Waals surface area contributed by atoms with E-state index in [4.69, 9.17) is 5.73 Å². The first-order chi connectivity index (χ1) is 8.70. The Morgan fingerprint density at radius 2 is 2.17 bits per heavy atom. The average molecular weight is 246 g/mol. The van der Waals surface area contributed by atoms with Gasteiger partial charge in [-0.25, -0.2) is 0 Å². The zero-order valence-electron chi connectivity index (χ0n) is 11.1. The van der Waals surface area contributed by atoms with Gasteiger partial charge in [-0.2, -0.15) is 0 Å². The largest absolute Gasteiger partial charge is 0.330 e. The molecule has 18 heavy (non-hydrogen) atoms. The van der Waals surface area contributed by atoms with Gasteiger partial charge in [0.2, 0.25) is 0 Å². The lowest BCUT2D eigenvalue weighted by atomic mass is 9.96. The second kappa shape index (κ2) is 6.12. The third-order valence-electron chi connectivity index (χ3n) is 3.63. The normalized spacial score (nSPS) is 15.4. The van der Waals surface area contributed by atoms with Crippen molar-refractivity contribution in [2.75, 3.05) is 19.6 Å². The van der Waals surface area contributed by atoms with E-state index < -0.39 is 0 Å². The average Bonchev–Trinajstić information content (AvgIpc) is 2.38. The maximum absolute atomic E-state index is 11.4. The van der Waals surface area contributed by atoms with E-state index in [0.717, 1.165) is 51.0 Å². The fourth-order valence-corrected chi connectivity index (χ4v) is 2.51. The number of ketones is 1. The Kier molecular flexibility index (Phi) is 4.50. The Bertz CT molecular complexity index is 429. The molecule has 1 heterocycles. The molecule has 0 amide bonds. The van der Waals surface area contributed by atoms with Gasteiger partial charge in [-0.05, 0) is 56.5 Å². The van der Waals surface area contributed by atoms with Crippen molar-refractivity contribution < 1.29 is 4.79 Å². The van der Waals surface area contributed by atoms with Gasteiger partial charge >= 0.3 is 0 Å². The number of benzene rings is 1. The van der Waals surface area contributed by atoms with Gasteiger partial charge in [0.25, 0.3) is 0 Å². The SMILES string of the molecule is CC(=O)c1ccc2c(c1)CN(CCCCN)CC2. The number of unbranched alkanes of at least 4 members (excludes halogenated alkanes) is 1. The van der Waals surface area contributed by atoms with Gasteiger partial charge < -0.3 is 5.73 Å². The second-order valence-corrected chi connectivity index (χ2v) is 5.06. The van der Waals surface area contributed by atoms with Gasteiger partial charge in [-0.3, -0.25) is 9.69 Å². The highest BCUT2D eigenvalue weighted by Crippen LogP contribution is 2.20. The Morgan fingerprint density at radius 3 is 2.89 bits per heavy atom. The van der Waals surface area contributed by atoms with Crippen molar-refractivity contribution in [2.24, 2.45) is 5.73 Å². The van der Waals surface area contributed by atoms with Crippen LogP contribution in [0.5, 0.6) is 0 Å². The van der Waals surface area contributed by atoms with Crippen molar-refractivity contribution in [3.05, 3.63) is 34.9 Å². The van der Waals surface area contributed by atoms with Crippen LogP contribution < -0.4 is 5.73 Å². The molecule has 1 aromatic carbocycles. The van der Waals surface area contributed by atoms with Crippen LogP contribution in [0.15, 0.2) is 18.2 Å². The van der Waals surface area contributed by atoms with Crippen LogP contribution in [0.3, 0.4) is 0 Å². The van der Waals surface area contributed by atoms with E-state index in [1.54, 1.807) is 6.92 Å². The molecule has 0 unspecified atom stereocenters. The van der Waals surface area contributed by atoms with Crippen LogP contribution in [-0.4, -0.2) is 30.3 Å². The first-order valence-electron chi connectivity index (χ1n) is 6.76. The summed E-state index contributed by atoms with van der Waals surface area (Å²) in [6.07, 6.45) is 3.35. The fraction of sp³-hybridized carbons (Fsp3) is 0.533. The highest BCUT2D eigenvalue weighted by atomic mass is 16.1. The molecule has 2 rings (SSSR count). The van der Waals surface area contributed by atoms with E-state index in [0.29, 0.717) is 0 Å². The quantitative estimate of drug-likeness (QED) is 0.638. The van der Waals surface area contributed by atoms with Crippen LogP contribution in [0.4, 0.5) is 0 Å². The predicted molar refractivity (Wildman–Crippen MR) is 73.7 cm³/mol. The second-order valence-electron chi connectivity index (χ2n) is 5.06. The number of hydrogen-bond acceptors (Lipinski definition) is 3. The summed E-state index contributed by atoms with van der Waals surface area (Å²) in [7, 11) is 0. The number of Topliss-reactive ketones (excluding diaryl/α,β-unsaturated/α-hetero) is 1. The van der Waals surface area contributed by atoms with Crippen LogP contribution in [0, 0.1) is 0 Å². The Hall–Kier alpha value is -1.19. The molecule has 0 aromatic heterocycles. The smallest absolute Gasteiger partial charge is 0.159 e. The standard InChI is InChI=1S/C15H22N2O/c1-12(18)14-5-4-13-6-9-17(8-3-2-7-16)11-15(13)10-14/h4-5,10H,2-3,6-9,11,16H2,1H3. The number of fused-ring (bicyclic) bond motifs is 1. The first kappa shape index (κ1) is 13.2. The monoisotopic (exact) mass is 246 g/mol. The number of rotatable bonds is 5. The predicted octanol–water partition coefficient (Wildman–Crippen LogP) is 1.99. The molecule has 1 aliphatic rings. The van der Waals surface area contributed by atoms with Crippen molar-refractivity contribution in [1.29, 1.82) is 0 Å². The van der Waals surface area contributed by atoms with E-state index in [1.807, 2.05) is 6.07 Å². The summed E-state index contributed by atoms with van der Waals surface area (Å²) in [6.45, 7) is 5.61. The van der Waals surface area contributed by atoms with Gasteiger partial charge in [0.1, 0.15) is 0 Å². The van der Waals surface area contributed by atoms with Crippen LogP contribution in [0.25, 0.3) is 0 Å². The lowest BCUT2D eigenvalue weighted by molar-refractivity contribution is 0.101. The molecule has 0 radical (unpaired) electrons. The van der Waals surface area contributed by atoms with Gasteiger partial charge in [0, 0.05) is 18.7 Å². The van der Waals surface area contributed by atoms with Crippen molar-refractivity contribution in [2.45, 2.75) is 32.7 Å². The third kappa shape index (κ3) is 3.18. The molecule has 3 nitrogen and oxygen atoms in total. The molecule has 1 aromatic rings. The minimum atomic E-state index is 0.151. The minimum Gasteiger partial charge on any atom is -0.330 e. The lowest BCUT2D eigenvalue weighted by Crippen LogP contribution is -2.31. The third-order valence-corrected chi connectivity index (χ3v) is 3.63. The summed E-state index contributed by atoms with van der Waals surface area (Å²) in [5, 5.41) is 0. The van der Waals surface area contributed by atoms with Gasteiger partial charge in [-0.15, -0.1) is 0 Å². The van der Waals surface area contributed by atoms with Gasteiger partial charge in [-0.1, -0.05) is 12.1 Å². The number of nitrogens with two attached hydrogens (primary N) is 1. The summed E-state index contributed by atoms with van der Waals surface area (Å²) in [5.74, 6) is 0.151. The fourth-order valence-electron chi connectivity index (χ4n) is 2.51. The number of carbonyl (C=O) groups excluding carboxylic acids is 1. The number of carbonyl (C=O) groups is 1. The lowest BCUT2D eigenvalue weighted by Gasteiger charge is -2.29. The van der Waals surface area contributed by atoms with Crippen LogP contribution in [0.1, 0.15) is 41.3 Å². The molecule has 0 atom stereocenters. The highest BCUT2D eigenvalue weighted by molar-refractivity contribution is 5.94. The Morgan fingerprint density at radius 1 is 1.33 bits per heavy atom. The molecule has 98 valence electrons. The first-order valence-corrected chi connectivity index (χ1v) is 6.76. The van der Waals surface area contributed by atoms with Crippen molar-refractivity contribution >= 4 is 5.78 Å². The molecule has 3 heteroatoms. The van der Waals surface area contributed by atoms with E-state index in [1.165, 1.54) is 11.1 Å².